The van der Waals surface area contributed by atoms with Crippen LogP contribution >= 0.6 is 11.3 Å². The van der Waals surface area contributed by atoms with E-state index in [1.807, 2.05) is 0 Å². The van der Waals surface area contributed by atoms with Crippen LogP contribution in [0, 0.1) is 0 Å². The van der Waals surface area contributed by atoms with Gasteiger partial charge in [-0.3, -0.25) is 4.79 Å². The SMILES string of the molecule is COCCN(C)C(=O)Cc1ccc(S(N)(=O)=O)s1. The summed E-state index contributed by atoms with van der Waals surface area (Å²) in [5.41, 5.74) is 0. The average Bonchev–Trinajstić information content (AvgIpc) is 2.73. The van der Waals surface area contributed by atoms with Gasteiger partial charge in [-0.05, 0) is 12.1 Å². The Balaban J connectivity index is 2.63. The van der Waals surface area contributed by atoms with Crippen molar-refractivity contribution in [1.82, 2.24) is 4.90 Å². The monoisotopic (exact) mass is 292 g/mol. The van der Waals surface area contributed by atoms with Crippen molar-refractivity contribution < 1.29 is 17.9 Å². The Morgan fingerprint density at radius 1 is 1.50 bits per heavy atom. The molecule has 1 amide bonds. The fraction of sp³-hybridized carbons (Fsp3) is 0.500. The highest BCUT2D eigenvalue weighted by atomic mass is 32.2. The normalized spacial score (nSPS) is 11.5. The average molecular weight is 292 g/mol. The highest BCUT2D eigenvalue weighted by Crippen LogP contribution is 2.21. The quantitative estimate of drug-likeness (QED) is 0.802. The predicted molar refractivity (Wildman–Crippen MR) is 68.9 cm³/mol. The van der Waals surface area contributed by atoms with E-state index >= 15 is 0 Å². The van der Waals surface area contributed by atoms with E-state index in [4.69, 9.17) is 9.88 Å². The number of hydrogen-bond donors (Lipinski definition) is 1. The molecule has 0 spiro atoms. The molecule has 1 heterocycles. The molecule has 0 saturated heterocycles. The smallest absolute Gasteiger partial charge is 0.247 e. The number of rotatable bonds is 6. The maximum atomic E-state index is 11.8. The highest BCUT2D eigenvalue weighted by Gasteiger charge is 2.15. The van der Waals surface area contributed by atoms with Gasteiger partial charge in [0.25, 0.3) is 0 Å². The molecule has 6 nitrogen and oxygen atoms in total. The third-order valence-electron chi connectivity index (χ3n) is 2.30. The van der Waals surface area contributed by atoms with E-state index in [0.29, 0.717) is 18.0 Å². The van der Waals surface area contributed by atoms with Gasteiger partial charge in [0.1, 0.15) is 4.21 Å². The zero-order chi connectivity index (χ0) is 13.8. The minimum absolute atomic E-state index is 0.0739. The van der Waals surface area contributed by atoms with Crippen molar-refractivity contribution in [2.75, 3.05) is 27.3 Å². The van der Waals surface area contributed by atoms with Crippen LogP contribution in [0.2, 0.25) is 0 Å². The topological polar surface area (TPSA) is 89.7 Å². The molecule has 0 radical (unpaired) electrons. The second-order valence-corrected chi connectivity index (χ2v) is 6.71. The molecule has 0 atom stereocenters. The first-order valence-electron chi connectivity index (χ1n) is 5.19. The van der Waals surface area contributed by atoms with Crippen molar-refractivity contribution in [3.63, 3.8) is 0 Å². The number of nitrogens with two attached hydrogens (primary N) is 1. The Kier molecular flexibility index (Phi) is 5.27. The van der Waals surface area contributed by atoms with E-state index in [-0.39, 0.29) is 16.5 Å². The number of thiophene rings is 1. The molecule has 1 aromatic rings. The number of ether oxygens (including phenoxy) is 1. The number of likely N-dealkylation sites (N-methyl/N-ethyl adjacent to an activating group) is 1. The van der Waals surface area contributed by atoms with Crippen LogP contribution in [-0.4, -0.2) is 46.5 Å². The van der Waals surface area contributed by atoms with E-state index in [1.54, 1.807) is 25.1 Å². The van der Waals surface area contributed by atoms with Crippen molar-refractivity contribution >= 4 is 27.3 Å². The maximum absolute atomic E-state index is 11.8. The van der Waals surface area contributed by atoms with Gasteiger partial charge in [0.2, 0.25) is 15.9 Å². The van der Waals surface area contributed by atoms with Crippen LogP contribution in [0.15, 0.2) is 16.3 Å². The molecule has 0 bridgehead atoms. The van der Waals surface area contributed by atoms with Crippen molar-refractivity contribution in [3.8, 4) is 0 Å². The third-order valence-corrected chi connectivity index (χ3v) is 4.82. The van der Waals surface area contributed by atoms with Crippen LogP contribution in [-0.2, 0) is 26.0 Å². The second-order valence-electron chi connectivity index (χ2n) is 3.75. The molecule has 0 saturated carbocycles. The summed E-state index contributed by atoms with van der Waals surface area (Å²) in [5.74, 6) is -0.0881. The summed E-state index contributed by atoms with van der Waals surface area (Å²) in [6.07, 6.45) is 0.167. The van der Waals surface area contributed by atoms with Gasteiger partial charge in [0.15, 0.2) is 0 Å². The fourth-order valence-electron chi connectivity index (χ4n) is 1.24. The molecule has 0 aliphatic carbocycles. The molecule has 0 fully saturated rings. The van der Waals surface area contributed by atoms with Gasteiger partial charge in [-0.25, -0.2) is 13.6 Å². The van der Waals surface area contributed by atoms with Gasteiger partial charge in [0, 0.05) is 25.6 Å². The number of carbonyl (C=O) groups is 1. The molecular formula is C10H16N2O4S2. The Hall–Kier alpha value is -0.960. The first-order chi connectivity index (χ1) is 8.34. The van der Waals surface area contributed by atoms with E-state index < -0.39 is 10.0 Å². The van der Waals surface area contributed by atoms with Crippen LogP contribution in [0.25, 0.3) is 0 Å². The van der Waals surface area contributed by atoms with Gasteiger partial charge in [-0.2, -0.15) is 0 Å². The Morgan fingerprint density at radius 2 is 2.17 bits per heavy atom. The number of amides is 1. The number of nitrogens with zero attached hydrogens (tertiary/aromatic N) is 1. The molecule has 1 rings (SSSR count). The first-order valence-corrected chi connectivity index (χ1v) is 7.55. The van der Waals surface area contributed by atoms with Crippen LogP contribution in [0.3, 0.4) is 0 Å². The molecule has 0 aromatic carbocycles. The van der Waals surface area contributed by atoms with Gasteiger partial charge < -0.3 is 9.64 Å². The van der Waals surface area contributed by atoms with Gasteiger partial charge >= 0.3 is 0 Å². The van der Waals surface area contributed by atoms with Gasteiger partial charge in [0.05, 0.1) is 13.0 Å². The lowest BCUT2D eigenvalue weighted by Gasteiger charge is -2.15. The third kappa shape index (κ3) is 4.37. The van der Waals surface area contributed by atoms with Crippen molar-refractivity contribution in [2.45, 2.75) is 10.6 Å². The summed E-state index contributed by atoms with van der Waals surface area (Å²) in [6, 6.07) is 3.02. The number of hydrogen-bond acceptors (Lipinski definition) is 5. The zero-order valence-corrected chi connectivity index (χ0v) is 11.9. The fourth-order valence-corrected chi connectivity index (χ4v) is 3.01. The summed E-state index contributed by atoms with van der Waals surface area (Å²) >= 11 is 1.02. The molecule has 0 aliphatic rings. The minimum Gasteiger partial charge on any atom is -0.383 e. The van der Waals surface area contributed by atoms with Crippen molar-refractivity contribution in [1.29, 1.82) is 0 Å². The zero-order valence-electron chi connectivity index (χ0n) is 10.3. The van der Waals surface area contributed by atoms with Crippen LogP contribution in [0.5, 0.6) is 0 Å². The largest absolute Gasteiger partial charge is 0.383 e. The molecule has 102 valence electrons. The van der Waals surface area contributed by atoms with E-state index in [1.165, 1.54) is 6.07 Å². The van der Waals surface area contributed by atoms with Gasteiger partial charge in [-0.1, -0.05) is 0 Å². The van der Waals surface area contributed by atoms with Crippen molar-refractivity contribution in [2.24, 2.45) is 5.14 Å². The molecule has 0 aliphatic heterocycles. The first kappa shape index (κ1) is 15.1. The number of carbonyl (C=O) groups excluding carboxylic acids is 1. The van der Waals surface area contributed by atoms with Crippen molar-refractivity contribution in [3.05, 3.63) is 17.0 Å². The highest BCUT2D eigenvalue weighted by molar-refractivity contribution is 7.91. The molecule has 2 N–H and O–H groups in total. The summed E-state index contributed by atoms with van der Waals surface area (Å²) < 4.78 is 27.1. The summed E-state index contributed by atoms with van der Waals surface area (Å²) in [4.78, 5) is 14.0. The molecule has 1 aromatic heterocycles. The van der Waals surface area contributed by atoms with E-state index in [9.17, 15) is 13.2 Å². The van der Waals surface area contributed by atoms with E-state index in [0.717, 1.165) is 11.3 Å². The standard InChI is InChI=1S/C10H16N2O4S2/c1-12(5-6-16-2)9(13)7-8-3-4-10(17-8)18(11,14)15/h3-4H,5-7H2,1-2H3,(H2,11,14,15). The number of sulfonamides is 1. The minimum atomic E-state index is -3.68. The van der Waals surface area contributed by atoms with E-state index in [2.05, 4.69) is 0 Å². The summed E-state index contributed by atoms with van der Waals surface area (Å²) in [7, 11) is -0.437. The molecule has 18 heavy (non-hydrogen) atoms. The lowest BCUT2D eigenvalue weighted by atomic mass is 10.3. The summed E-state index contributed by atoms with van der Waals surface area (Å²) in [5, 5.41) is 5.00. The molecule has 0 unspecified atom stereocenters. The Bertz CT molecular complexity index is 510. The maximum Gasteiger partial charge on any atom is 0.247 e. The molecule has 8 heteroatoms. The van der Waals surface area contributed by atoms with Crippen LogP contribution in [0.4, 0.5) is 0 Å². The second kappa shape index (κ2) is 6.28. The Morgan fingerprint density at radius 3 is 2.67 bits per heavy atom. The van der Waals surface area contributed by atoms with Crippen LogP contribution in [0.1, 0.15) is 4.88 Å². The summed E-state index contributed by atoms with van der Waals surface area (Å²) in [6.45, 7) is 0.970. The van der Waals surface area contributed by atoms with Gasteiger partial charge in [-0.15, -0.1) is 11.3 Å². The molecular weight excluding hydrogens is 276 g/mol. The number of methoxy groups -OCH3 is 1. The number of primary sulfonamides is 1. The lowest BCUT2D eigenvalue weighted by molar-refractivity contribution is -0.129. The lowest BCUT2D eigenvalue weighted by Crippen LogP contribution is -2.30. The predicted octanol–water partition coefficient (Wildman–Crippen LogP) is 0.0428. The van der Waals surface area contributed by atoms with Crippen LogP contribution < -0.4 is 5.14 Å². The Labute approximate surface area is 110 Å².